The molecule has 1 aromatic rings. The van der Waals surface area contributed by atoms with Crippen molar-refractivity contribution in [2.75, 3.05) is 37.6 Å². The van der Waals surface area contributed by atoms with Crippen LogP contribution in [0.2, 0.25) is 0 Å². The SMILES string of the molecule is CC(C)(C)C(=O)N1CCN(c2ccc(C(=O)NCCC3CC3)nn2)CC1. The molecule has 0 aromatic carbocycles. The molecule has 1 saturated carbocycles. The average Bonchev–Trinajstić information content (AvgIpc) is 3.45. The maximum Gasteiger partial charge on any atom is 0.271 e. The quantitative estimate of drug-likeness (QED) is 0.866. The van der Waals surface area contributed by atoms with Crippen molar-refractivity contribution >= 4 is 17.6 Å². The first-order valence-electron chi connectivity index (χ1n) is 9.51. The van der Waals surface area contributed by atoms with Gasteiger partial charge in [0, 0.05) is 38.1 Å². The standard InChI is InChI=1S/C19H29N5O2/c1-19(2,3)18(26)24-12-10-23(11-13-24)16-7-6-15(21-22-16)17(25)20-9-8-14-4-5-14/h6-7,14H,4-5,8-13H2,1-3H3,(H,20,25). The van der Waals surface area contributed by atoms with Gasteiger partial charge in [0.05, 0.1) is 0 Å². The van der Waals surface area contributed by atoms with Crippen molar-refractivity contribution in [2.24, 2.45) is 11.3 Å². The minimum atomic E-state index is -0.351. The Kier molecular flexibility index (Phi) is 5.44. The van der Waals surface area contributed by atoms with Crippen LogP contribution in [0.15, 0.2) is 12.1 Å². The molecule has 0 bridgehead atoms. The molecule has 3 rings (SSSR count). The number of piperazine rings is 1. The number of aromatic nitrogens is 2. The minimum Gasteiger partial charge on any atom is -0.352 e. The van der Waals surface area contributed by atoms with Crippen LogP contribution in [0.25, 0.3) is 0 Å². The fourth-order valence-corrected chi connectivity index (χ4v) is 3.11. The Morgan fingerprint density at radius 2 is 1.81 bits per heavy atom. The molecule has 1 aliphatic carbocycles. The van der Waals surface area contributed by atoms with Gasteiger partial charge in [-0.25, -0.2) is 0 Å². The Hall–Kier alpha value is -2.18. The van der Waals surface area contributed by atoms with Crippen molar-refractivity contribution in [3.05, 3.63) is 17.8 Å². The van der Waals surface area contributed by atoms with Crippen LogP contribution in [0, 0.1) is 11.3 Å². The Labute approximate surface area is 155 Å². The largest absolute Gasteiger partial charge is 0.352 e. The van der Waals surface area contributed by atoms with Crippen molar-refractivity contribution in [1.29, 1.82) is 0 Å². The van der Waals surface area contributed by atoms with Gasteiger partial charge in [0.1, 0.15) is 0 Å². The highest BCUT2D eigenvalue weighted by atomic mass is 16.2. The van der Waals surface area contributed by atoms with E-state index in [1.807, 2.05) is 31.7 Å². The summed E-state index contributed by atoms with van der Waals surface area (Å²) in [6, 6.07) is 3.56. The summed E-state index contributed by atoms with van der Waals surface area (Å²) in [6.45, 7) is 9.36. The molecule has 7 nitrogen and oxygen atoms in total. The topological polar surface area (TPSA) is 78.4 Å². The predicted molar refractivity (Wildman–Crippen MR) is 100.0 cm³/mol. The number of hydrogen-bond donors (Lipinski definition) is 1. The molecular formula is C19H29N5O2. The monoisotopic (exact) mass is 359 g/mol. The zero-order valence-corrected chi connectivity index (χ0v) is 16.0. The number of anilines is 1. The van der Waals surface area contributed by atoms with E-state index in [9.17, 15) is 9.59 Å². The Morgan fingerprint density at radius 1 is 1.12 bits per heavy atom. The molecular weight excluding hydrogens is 330 g/mol. The Bertz CT molecular complexity index is 641. The maximum absolute atomic E-state index is 12.3. The first-order valence-corrected chi connectivity index (χ1v) is 9.51. The molecule has 0 atom stereocenters. The highest BCUT2D eigenvalue weighted by Crippen LogP contribution is 2.31. The maximum atomic E-state index is 12.3. The summed E-state index contributed by atoms with van der Waals surface area (Å²) in [7, 11) is 0. The fraction of sp³-hybridized carbons (Fsp3) is 0.684. The summed E-state index contributed by atoms with van der Waals surface area (Å²) < 4.78 is 0. The molecule has 0 unspecified atom stereocenters. The van der Waals surface area contributed by atoms with E-state index < -0.39 is 0 Å². The third-order valence-corrected chi connectivity index (χ3v) is 4.95. The molecule has 1 aliphatic heterocycles. The van der Waals surface area contributed by atoms with Gasteiger partial charge in [-0.1, -0.05) is 33.6 Å². The lowest BCUT2D eigenvalue weighted by Gasteiger charge is -2.37. The van der Waals surface area contributed by atoms with Crippen LogP contribution in [0.5, 0.6) is 0 Å². The van der Waals surface area contributed by atoms with E-state index in [1.54, 1.807) is 6.07 Å². The second kappa shape index (κ2) is 7.60. The third-order valence-electron chi connectivity index (χ3n) is 4.95. The van der Waals surface area contributed by atoms with Crippen LogP contribution in [-0.4, -0.2) is 59.6 Å². The van der Waals surface area contributed by atoms with Gasteiger partial charge < -0.3 is 15.1 Å². The Balaban J connectivity index is 1.49. The molecule has 2 heterocycles. The third kappa shape index (κ3) is 4.71. The lowest BCUT2D eigenvalue weighted by molar-refractivity contribution is -0.139. The highest BCUT2D eigenvalue weighted by molar-refractivity contribution is 5.92. The zero-order valence-electron chi connectivity index (χ0n) is 16.0. The smallest absolute Gasteiger partial charge is 0.271 e. The molecule has 7 heteroatoms. The number of amides is 2. The van der Waals surface area contributed by atoms with E-state index in [2.05, 4.69) is 20.4 Å². The fourth-order valence-electron chi connectivity index (χ4n) is 3.11. The zero-order chi connectivity index (χ0) is 18.7. The van der Waals surface area contributed by atoms with Gasteiger partial charge in [0.2, 0.25) is 5.91 Å². The van der Waals surface area contributed by atoms with Gasteiger partial charge in [-0.05, 0) is 24.5 Å². The highest BCUT2D eigenvalue weighted by Gasteiger charge is 2.30. The van der Waals surface area contributed by atoms with Crippen molar-refractivity contribution in [2.45, 2.75) is 40.0 Å². The molecule has 26 heavy (non-hydrogen) atoms. The summed E-state index contributed by atoms with van der Waals surface area (Å²) in [5.41, 5.74) is 0.00216. The number of nitrogens with zero attached hydrogens (tertiary/aromatic N) is 4. The van der Waals surface area contributed by atoms with Crippen LogP contribution < -0.4 is 10.2 Å². The summed E-state index contributed by atoms with van der Waals surface area (Å²) in [5, 5.41) is 11.2. The Morgan fingerprint density at radius 3 is 2.35 bits per heavy atom. The van der Waals surface area contributed by atoms with E-state index in [-0.39, 0.29) is 17.2 Å². The van der Waals surface area contributed by atoms with E-state index in [0.717, 1.165) is 31.2 Å². The van der Waals surface area contributed by atoms with Gasteiger partial charge in [0.25, 0.3) is 5.91 Å². The van der Waals surface area contributed by atoms with Crippen molar-refractivity contribution in [3.8, 4) is 0 Å². The number of carbonyl (C=O) groups is 2. The molecule has 0 spiro atoms. The van der Waals surface area contributed by atoms with Crippen LogP contribution >= 0.6 is 0 Å². The molecule has 2 amide bonds. The molecule has 1 N–H and O–H groups in total. The van der Waals surface area contributed by atoms with E-state index in [1.165, 1.54) is 12.8 Å². The second-order valence-corrected chi connectivity index (χ2v) is 8.29. The van der Waals surface area contributed by atoms with Crippen molar-refractivity contribution in [3.63, 3.8) is 0 Å². The normalized spacial score (nSPS) is 18.0. The number of hydrogen-bond acceptors (Lipinski definition) is 5. The van der Waals surface area contributed by atoms with Crippen molar-refractivity contribution in [1.82, 2.24) is 20.4 Å². The van der Waals surface area contributed by atoms with Gasteiger partial charge in [-0.2, -0.15) is 0 Å². The number of nitrogens with one attached hydrogen (secondary N) is 1. The first kappa shape index (κ1) is 18.6. The molecule has 1 aromatic heterocycles. The predicted octanol–water partition coefficient (Wildman–Crippen LogP) is 1.70. The summed E-state index contributed by atoms with van der Waals surface area (Å²) in [4.78, 5) is 28.4. The number of carbonyl (C=O) groups excluding carboxylic acids is 2. The summed E-state index contributed by atoms with van der Waals surface area (Å²) in [5.74, 6) is 1.57. The molecule has 2 fully saturated rings. The molecule has 142 valence electrons. The van der Waals surface area contributed by atoms with Crippen LogP contribution in [0.4, 0.5) is 5.82 Å². The summed E-state index contributed by atoms with van der Waals surface area (Å²) >= 11 is 0. The van der Waals surface area contributed by atoms with Crippen LogP contribution in [-0.2, 0) is 4.79 Å². The first-order chi connectivity index (χ1) is 12.3. The number of rotatable bonds is 5. The summed E-state index contributed by atoms with van der Waals surface area (Å²) in [6.07, 6.45) is 3.63. The van der Waals surface area contributed by atoms with Crippen LogP contribution in [0.1, 0.15) is 50.5 Å². The molecule has 2 aliphatic rings. The van der Waals surface area contributed by atoms with E-state index >= 15 is 0 Å². The lowest BCUT2D eigenvalue weighted by atomic mass is 9.94. The average molecular weight is 359 g/mol. The van der Waals surface area contributed by atoms with E-state index in [4.69, 9.17) is 0 Å². The lowest BCUT2D eigenvalue weighted by Crippen LogP contribution is -2.51. The van der Waals surface area contributed by atoms with Crippen LogP contribution in [0.3, 0.4) is 0 Å². The van der Waals surface area contributed by atoms with Gasteiger partial charge >= 0.3 is 0 Å². The minimum absolute atomic E-state index is 0.162. The molecule has 1 saturated heterocycles. The molecule has 0 radical (unpaired) electrons. The van der Waals surface area contributed by atoms with Gasteiger partial charge in [-0.3, -0.25) is 9.59 Å². The van der Waals surface area contributed by atoms with Gasteiger partial charge in [0.15, 0.2) is 11.5 Å². The van der Waals surface area contributed by atoms with E-state index in [0.29, 0.717) is 25.3 Å². The van der Waals surface area contributed by atoms with Gasteiger partial charge in [-0.15, -0.1) is 10.2 Å². The van der Waals surface area contributed by atoms with Crippen molar-refractivity contribution < 1.29 is 9.59 Å². The second-order valence-electron chi connectivity index (χ2n) is 8.29.